The van der Waals surface area contributed by atoms with Crippen molar-refractivity contribution in [3.63, 3.8) is 0 Å². The molecule has 2 atom stereocenters. The zero-order chi connectivity index (χ0) is 28.9. The molecule has 10 nitrogen and oxygen atoms in total. The summed E-state index contributed by atoms with van der Waals surface area (Å²) in [6.07, 6.45) is 6.54. The normalized spacial score (nSPS) is 17.7. The van der Waals surface area contributed by atoms with Crippen LogP contribution in [0.1, 0.15) is 56.4 Å². The second kappa shape index (κ2) is 9.96. The van der Waals surface area contributed by atoms with Crippen molar-refractivity contribution in [2.24, 2.45) is 0 Å². The summed E-state index contributed by atoms with van der Waals surface area (Å²) >= 11 is 0. The van der Waals surface area contributed by atoms with Gasteiger partial charge in [0.25, 0.3) is 5.91 Å². The number of ether oxygens (including phenoxy) is 1. The van der Waals surface area contributed by atoms with E-state index in [1.807, 2.05) is 51.5 Å². The maximum Gasteiger partial charge on any atom is 0.411 e. The monoisotopic (exact) mass is 546 g/mol. The summed E-state index contributed by atoms with van der Waals surface area (Å²) in [7, 11) is 0. The van der Waals surface area contributed by atoms with Gasteiger partial charge in [-0.2, -0.15) is 4.58 Å². The van der Waals surface area contributed by atoms with Crippen LogP contribution in [-0.4, -0.2) is 71.3 Å². The average molecular weight is 547 g/mol. The molecule has 1 aromatic carbocycles. The number of aryl methyl sites for hydroxylation is 2. The number of hydrogen-bond donors (Lipinski definition) is 1. The number of amides is 2. The lowest BCUT2D eigenvalue weighted by Crippen LogP contribution is -2.54. The predicted octanol–water partition coefficient (Wildman–Crippen LogP) is 5.03. The number of nitrogens with zero attached hydrogens (tertiary/aromatic N) is 6. The number of benzene rings is 1. The third kappa shape index (κ3) is 5.23. The van der Waals surface area contributed by atoms with Gasteiger partial charge in [-0.3, -0.25) is 9.69 Å². The summed E-state index contributed by atoms with van der Waals surface area (Å²) in [5.41, 5.74) is 3.27. The summed E-state index contributed by atoms with van der Waals surface area (Å²) in [5.74, 6) is -0.974. The molecule has 0 aliphatic carbocycles. The van der Waals surface area contributed by atoms with Gasteiger partial charge in [0.2, 0.25) is 5.69 Å². The van der Waals surface area contributed by atoms with Crippen LogP contribution in [0.15, 0.2) is 36.8 Å². The average Bonchev–Trinajstić information content (AvgIpc) is 3.22. The highest BCUT2D eigenvalue weighted by Gasteiger charge is 2.38. The summed E-state index contributed by atoms with van der Waals surface area (Å²) in [4.78, 5) is 41.4. The molecular formula is C29H33FN7O3+. The van der Waals surface area contributed by atoms with E-state index in [0.29, 0.717) is 40.2 Å². The number of anilines is 1. The van der Waals surface area contributed by atoms with Crippen molar-refractivity contribution in [2.45, 2.75) is 66.2 Å². The largest absolute Gasteiger partial charge is 0.444 e. The van der Waals surface area contributed by atoms with Gasteiger partial charge >= 0.3 is 6.09 Å². The van der Waals surface area contributed by atoms with Gasteiger partial charge in [-0.05, 0) is 54.5 Å². The molecule has 0 unspecified atom stereocenters. The summed E-state index contributed by atoms with van der Waals surface area (Å²) in [5, 5.41) is 2.79. The minimum Gasteiger partial charge on any atom is -0.444 e. The molecule has 0 spiro atoms. The van der Waals surface area contributed by atoms with E-state index in [2.05, 4.69) is 20.3 Å². The molecule has 2 amide bonds. The molecule has 208 valence electrons. The van der Waals surface area contributed by atoms with Gasteiger partial charge in [0.05, 0.1) is 28.7 Å². The first-order valence-electron chi connectivity index (χ1n) is 13.2. The van der Waals surface area contributed by atoms with Gasteiger partial charge in [0.15, 0.2) is 29.7 Å². The molecule has 0 saturated carbocycles. The third-order valence-corrected chi connectivity index (χ3v) is 6.61. The molecule has 0 radical (unpaired) electrons. The van der Waals surface area contributed by atoms with Gasteiger partial charge in [-0.15, -0.1) is 0 Å². The van der Waals surface area contributed by atoms with Crippen molar-refractivity contribution in [2.75, 3.05) is 11.9 Å². The lowest BCUT2D eigenvalue weighted by molar-refractivity contribution is -0.450. The first-order chi connectivity index (χ1) is 18.8. The highest BCUT2D eigenvalue weighted by Crippen LogP contribution is 2.29. The minimum absolute atomic E-state index is 0.150. The molecular weight excluding hydrogens is 513 g/mol. The number of fused-ring (bicyclic) bond motifs is 2. The van der Waals surface area contributed by atoms with Crippen molar-refractivity contribution >= 4 is 46.3 Å². The SMILES string of the molecule is Cc1cnc2c([N+]3=C[C@@H](C)N(C(=O)OC(C)(C)C)[C@@H](C)C3)ccc(C(=O)Nc3cc(F)c4nc(C)cn4c3)c2n1. The van der Waals surface area contributed by atoms with Crippen molar-refractivity contribution < 1.29 is 23.3 Å². The fourth-order valence-electron chi connectivity index (χ4n) is 5.04. The van der Waals surface area contributed by atoms with Gasteiger partial charge in [0, 0.05) is 30.7 Å². The Labute approximate surface area is 231 Å². The van der Waals surface area contributed by atoms with Crippen molar-refractivity contribution in [3.8, 4) is 0 Å². The number of carbonyl (C=O) groups excluding carboxylic acids is 2. The Kier molecular flexibility index (Phi) is 6.77. The Morgan fingerprint density at radius 1 is 1.10 bits per heavy atom. The fraction of sp³-hybridized carbons (Fsp3) is 0.379. The van der Waals surface area contributed by atoms with Crippen LogP contribution < -0.4 is 5.32 Å². The molecule has 4 heterocycles. The summed E-state index contributed by atoms with van der Waals surface area (Å²) in [6, 6.07) is 4.37. The topological polar surface area (TPSA) is 105 Å². The van der Waals surface area contributed by atoms with Crippen molar-refractivity contribution in [1.82, 2.24) is 24.3 Å². The quantitative estimate of drug-likeness (QED) is 0.362. The van der Waals surface area contributed by atoms with Gasteiger partial charge in [0.1, 0.15) is 17.2 Å². The third-order valence-electron chi connectivity index (χ3n) is 6.61. The van der Waals surface area contributed by atoms with Crippen LogP contribution >= 0.6 is 0 Å². The minimum atomic E-state index is -0.594. The molecule has 0 saturated heterocycles. The molecule has 40 heavy (non-hydrogen) atoms. The molecule has 4 aromatic rings. The van der Waals surface area contributed by atoms with Crippen LogP contribution in [0.25, 0.3) is 16.7 Å². The number of carbonyl (C=O) groups is 2. The van der Waals surface area contributed by atoms with Crippen molar-refractivity contribution in [3.05, 3.63) is 59.6 Å². The molecule has 5 rings (SSSR count). The van der Waals surface area contributed by atoms with Crippen LogP contribution in [0.3, 0.4) is 0 Å². The highest BCUT2D eigenvalue weighted by atomic mass is 19.1. The Bertz CT molecular complexity index is 1690. The molecule has 0 bridgehead atoms. The van der Waals surface area contributed by atoms with Crippen LogP contribution in [0.4, 0.5) is 20.6 Å². The number of nitrogens with one attached hydrogen (secondary N) is 1. The molecule has 1 aliphatic rings. The van der Waals surface area contributed by atoms with Gasteiger partial charge in [-0.1, -0.05) is 0 Å². The number of rotatable bonds is 3. The molecule has 0 fully saturated rings. The van der Waals surface area contributed by atoms with E-state index in [1.54, 1.807) is 47.8 Å². The van der Waals surface area contributed by atoms with E-state index in [0.717, 1.165) is 5.69 Å². The maximum absolute atomic E-state index is 14.6. The number of imidazole rings is 1. The maximum atomic E-state index is 14.6. The zero-order valence-corrected chi connectivity index (χ0v) is 23.7. The Morgan fingerprint density at radius 3 is 2.55 bits per heavy atom. The second-order valence-corrected chi connectivity index (χ2v) is 11.3. The molecule has 11 heteroatoms. The standard InChI is InChI=1S/C29H32FN7O3/c1-16-11-31-25-23(35-13-18(3)37(19(4)14-35)28(39)40-29(5,6)7)9-8-21(24(25)32-16)27(38)34-20-10-22(30)26-33-17(2)12-36(26)15-20/h8-13,15,18-19H,14H2,1-7H3/p+1/t18-,19+/m1/s1. The van der Waals surface area contributed by atoms with Crippen LogP contribution in [0.5, 0.6) is 0 Å². The highest BCUT2D eigenvalue weighted by molar-refractivity contribution is 6.12. The molecule has 1 aliphatic heterocycles. The van der Waals surface area contributed by atoms with E-state index in [4.69, 9.17) is 4.74 Å². The predicted molar refractivity (Wildman–Crippen MR) is 150 cm³/mol. The zero-order valence-electron chi connectivity index (χ0n) is 23.7. The van der Waals surface area contributed by atoms with Crippen LogP contribution in [0, 0.1) is 19.7 Å². The lowest BCUT2D eigenvalue weighted by Gasteiger charge is -2.35. The van der Waals surface area contributed by atoms with E-state index in [9.17, 15) is 14.0 Å². The number of halogens is 1. The molecule has 1 N–H and O–H groups in total. The number of pyridine rings is 1. The van der Waals surface area contributed by atoms with E-state index >= 15 is 0 Å². The summed E-state index contributed by atoms with van der Waals surface area (Å²) < 4.78 is 23.8. The smallest absolute Gasteiger partial charge is 0.411 e. The van der Waals surface area contributed by atoms with Crippen LogP contribution in [0.2, 0.25) is 0 Å². The lowest BCUT2D eigenvalue weighted by atomic mass is 10.1. The number of aromatic nitrogens is 4. The second-order valence-electron chi connectivity index (χ2n) is 11.3. The van der Waals surface area contributed by atoms with E-state index in [1.165, 1.54) is 6.07 Å². The van der Waals surface area contributed by atoms with Gasteiger partial charge < -0.3 is 14.5 Å². The first-order valence-corrected chi connectivity index (χ1v) is 13.2. The fourth-order valence-corrected chi connectivity index (χ4v) is 5.04. The van der Waals surface area contributed by atoms with Crippen LogP contribution in [-0.2, 0) is 4.74 Å². The summed E-state index contributed by atoms with van der Waals surface area (Å²) in [6.45, 7) is 13.5. The number of hydrogen-bond acceptors (Lipinski definition) is 6. The van der Waals surface area contributed by atoms with E-state index < -0.39 is 17.3 Å². The Hall–Kier alpha value is -4.41. The first kappa shape index (κ1) is 27.2. The van der Waals surface area contributed by atoms with Crippen molar-refractivity contribution in [1.29, 1.82) is 0 Å². The Balaban J connectivity index is 1.49. The van der Waals surface area contributed by atoms with Gasteiger partial charge in [-0.25, -0.2) is 24.1 Å². The van der Waals surface area contributed by atoms with E-state index in [-0.39, 0.29) is 23.8 Å². The Morgan fingerprint density at radius 2 is 1.85 bits per heavy atom. The molecule has 3 aromatic heterocycles.